The number of methoxy groups -OCH3 is 1. The molecule has 0 radical (unpaired) electrons. The minimum atomic E-state index is -0.643. The van der Waals surface area contributed by atoms with Gasteiger partial charge in [-0.2, -0.15) is 0 Å². The highest BCUT2D eigenvalue weighted by Gasteiger charge is 2.28. The molecule has 0 atom stereocenters. The molecule has 3 rings (SSSR count). The van der Waals surface area contributed by atoms with Crippen molar-refractivity contribution in [3.05, 3.63) is 29.6 Å². The number of benzene rings is 1. The molecule has 0 spiro atoms. The van der Waals surface area contributed by atoms with Gasteiger partial charge < -0.3 is 19.7 Å². The number of nitrogens with zero attached hydrogens (tertiary/aromatic N) is 2. The molecule has 2 N–H and O–H groups in total. The van der Waals surface area contributed by atoms with E-state index in [1.165, 1.54) is 0 Å². The second-order valence-corrected chi connectivity index (χ2v) is 7.62. The smallest absolute Gasteiger partial charge is 0.289 e. The Labute approximate surface area is 148 Å². The number of ether oxygens (including phenoxy) is 1. The molecule has 2 heterocycles. The molecule has 1 fully saturated rings. The molecule has 6 heteroatoms. The van der Waals surface area contributed by atoms with E-state index in [-0.39, 0.29) is 5.91 Å². The molecule has 1 saturated heterocycles. The van der Waals surface area contributed by atoms with E-state index in [1.54, 1.807) is 7.11 Å². The van der Waals surface area contributed by atoms with Crippen molar-refractivity contribution in [1.82, 2.24) is 14.9 Å². The molecule has 0 saturated carbocycles. The van der Waals surface area contributed by atoms with Crippen molar-refractivity contribution in [2.45, 2.75) is 45.3 Å². The molecule has 0 bridgehead atoms. The molecule has 1 aromatic carbocycles. The fourth-order valence-electron chi connectivity index (χ4n) is 3.61. The van der Waals surface area contributed by atoms with Gasteiger partial charge in [0.2, 0.25) is 0 Å². The van der Waals surface area contributed by atoms with Crippen LogP contribution in [-0.2, 0) is 11.3 Å². The molecule has 136 valence electrons. The van der Waals surface area contributed by atoms with Crippen molar-refractivity contribution < 1.29 is 14.6 Å². The van der Waals surface area contributed by atoms with E-state index in [2.05, 4.69) is 9.97 Å². The fourth-order valence-corrected chi connectivity index (χ4v) is 3.61. The van der Waals surface area contributed by atoms with Crippen LogP contribution in [0.3, 0.4) is 0 Å². The summed E-state index contributed by atoms with van der Waals surface area (Å²) in [6, 6.07) is 5.85. The highest BCUT2D eigenvalue weighted by molar-refractivity contribution is 5.94. The van der Waals surface area contributed by atoms with Crippen LogP contribution in [0.15, 0.2) is 18.2 Å². The fraction of sp³-hybridized carbons (Fsp3) is 0.579. The summed E-state index contributed by atoms with van der Waals surface area (Å²) in [5.41, 5.74) is 2.04. The molecule has 0 unspecified atom stereocenters. The summed E-state index contributed by atoms with van der Waals surface area (Å²) in [6.07, 6.45) is 2.63. The minimum absolute atomic E-state index is 0.0498. The monoisotopic (exact) mass is 345 g/mol. The van der Waals surface area contributed by atoms with Gasteiger partial charge in [0.05, 0.1) is 23.2 Å². The van der Waals surface area contributed by atoms with E-state index in [9.17, 15) is 9.90 Å². The van der Waals surface area contributed by atoms with E-state index in [4.69, 9.17) is 4.74 Å². The Kier molecular flexibility index (Phi) is 5.11. The number of hydrogen-bond donors (Lipinski definition) is 2. The number of amides is 1. The van der Waals surface area contributed by atoms with Gasteiger partial charge in [0.1, 0.15) is 0 Å². The molecule has 6 nitrogen and oxygen atoms in total. The largest absolute Gasteiger partial charge is 0.390 e. The predicted molar refractivity (Wildman–Crippen MR) is 96.3 cm³/mol. The SMILES string of the molecule is COCc1ccc2[nH]c(C(=O)N3CCC(CC(C)(C)O)CC3)nc2c1. The van der Waals surface area contributed by atoms with Gasteiger partial charge in [-0.3, -0.25) is 4.79 Å². The molecule has 25 heavy (non-hydrogen) atoms. The zero-order chi connectivity index (χ0) is 18.0. The van der Waals surface area contributed by atoms with Crippen LogP contribution in [0.25, 0.3) is 11.0 Å². The molecule has 0 aliphatic carbocycles. The van der Waals surface area contributed by atoms with Crippen LogP contribution in [0, 0.1) is 5.92 Å². The topological polar surface area (TPSA) is 78.5 Å². The van der Waals surface area contributed by atoms with E-state index in [0.717, 1.165) is 35.9 Å². The molecule has 1 amide bonds. The molecule has 1 aliphatic heterocycles. The Morgan fingerprint density at radius 2 is 2.12 bits per heavy atom. The molecular formula is C19H27N3O3. The van der Waals surface area contributed by atoms with Crippen LogP contribution in [0.4, 0.5) is 0 Å². The first-order valence-electron chi connectivity index (χ1n) is 8.85. The summed E-state index contributed by atoms with van der Waals surface area (Å²) in [7, 11) is 1.66. The Balaban J connectivity index is 1.66. The van der Waals surface area contributed by atoms with Crippen LogP contribution in [0.2, 0.25) is 0 Å². The van der Waals surface area contributed by atoms with Crippen molar-refractivity contribution in [2.75, 3.05) is 20.2 Å². The number of fused-ring (bicyclic) bond motifs is 1. The third-order valence-corrected chi connectivity index (χ3v) is 4.75. The maximum Gasteiger partial charge on any atom is 0.289 e. The van der Waals surface area contributed by atoms with Crippen LogP contribution < -0.4 is 0 Å². The summed E-state index contributed by atoms with van der Waals surface area (Å²) < 4.78 is 5.14. The average Bonchev–Trinajstić information content (AvgIpc) is 2.97. The van der Waals surface area contributed by atoms with E-state index >= 15 is 0 Å². The number of imidazole rings is 1. The Morgan fingerprint density at radius 3 is 2.76 bits per heavy atom. The molecular weight excluding hydrogens is 318 g/mol. The van der Waals surface area contributed by atoms with Gasteiger partial charge in [0, 0.05) is 20.2 Å². The lowest BCUT2D eigenvalue weighted by molar-refractivity contribution is 0.0355. The first-order valence-corrected chi connectivity index (χ1v) is 8.85. The van der Waals surface area contributed by atoms with Crippen LogP contribution in [0.1, 0.15) is 49.3 Å². The van der Waals surface area contributed by atoms with Crippen molar-refractivity contribution in [1.29, 1.82) is 0 Å². The second kappa shape index (κ2) is 7.14. The van der Waals surface area contributed by atoms with Crippen molar-refractivity contribution in [3.8, 4) is 0 Å². The van der Waals surface area contributed by atoms with E-state index in [0.29, 0.717) is 31.4 Å². The molecule has 1 aliphatic rings. The van der Waals surface area contributed by atoms with Crippen molar-refractivity contribution >= 4 is 16.9 Å². The van der Waals surface area contributed by atoms with Gasteiger partial charge in [-0.25, -0.2) is 4.98 Å². The highest BCUT2D eigenvalue weighted by atomic mass is 16.5. The highest BCUT2D eigenvalue weighted by Crippen LogP contribution is 2.27. The normalized spacial score (nSPS) is 16.6. The molecule has 2 aromatic rings. The van der Waals surface area contributed by atoms with Gasteiger partial charge in [0.15, 0.2) is 5.82 Å². The summed E-state index contributed by atoms with van der Waals surface area (Å²) in [5, 5.41) is 9.96. The maximum absolute atomic E-state index is 12.7. The van der Waals surface area contributed by atoms with E-state index < -0.39 is 5.60 Å². The summed E-state index contributed by atoms with van der Waals surface area (Å²) in [5.74, 6) is 0.813. The van der Waals surface area contributed by atoms with Gasteiger partial charge in [0.25, 0.3) is 5.91 Å². The van der Waals surface area contributed by atoms with Gasteiger partial charge in [-0.1, -0.05) is 6.07 Å². The summed E-state index contributed by atoms with van der Waals surface area (Å²) in [4.78, 5) is 22.2. The second-order valence-electron chi connectivity index (χ2n) is 7.62. The number of carbonyl (C=O) groups is 1. The maximum atomic E-state index is 12.7. The summed E-state index contributed by atoms with van der Waals surface area (Å²) >= 11 is 0. The predicted octanol–water partition coefficient (Wildman–Crippen LogP) is 2.72. The number of hydrogen-bond acceptors (Lipinski definition) is 4. The third kappa shape index (κ3) is 4.38. The van der Waals surface area contributed by atoms with Crippen LogP contribution in [0.5, 0.6) is 0 Å². The number of nitrogens with one attached hydrogen (secondary N) is 1. The number of piperidine rings is 1. The Morgan fingerprint density at radius 1 is 1.40 bits per heavy atom. The Hall–Kier alpha value is -1.92. The standard InChI is InChI=1S/C19H27N3O3/c1-19(2,24)11-13-6-8-22(9-7-13)18(23)17-20-15-5-4-14(12-25-3)10-16(15)21-17/h4-5,10,13,24H,6-9,11-12H2,1-3H3,(H,20,21). The number of H-pyrrole nitrogens is 1. The lowest BCUT2D eigenvalue weighted by atomic mass is 9.86. The number of aliphatic hydroxyl groups is 1. The minimum Gasteiger partial charge on any atom is -0.390 e. The van der Waals surface area contributed by atoms with Crippen LogP contribution in [-0.4, -0.2) is 51.7 Å². The zero-order valence-electron chi connectivity index (χ0n) is 15.2. The number of aromatic amines is 1. The first kappa shape index (κ1) is 17.9. The van der Waals surface area contributed by atoms with Crippen LogP contribution >= 0.6 is 0 Å². The number of carbonyl (C=O) groups excluding carboxylic acids is 1. The van der Waals surface area contributed by atoms with Gasteiger partial charge >= 0.3 is 0 Å². The van der Waals surface area contributed by atoms with Crippen molar-refractivity contribution in [3.63, 3.8) is 0 Å². The van der Waals surface area contributed by atoms with Crippen molar-refractivity contribution in [2.24, 2.45) is 5.92 Å². The Bertz CT molecular complexity index is 740. The zero-order valence-corrected chi connectivity index (χ0v) is 15.2. The lowest BCUT2D eigenvalue weighted by Gasteiger charge is -2.34. The third-order valence-electron chi connectivity index (χ3n) is 4.75. The lowest BCUT2D eigenvalue weighted by Crippen LogP contribution is -2.40. The number of likely N-dealkylation sites (tertiary alicyclic amines) is 1. The first-order chi connectivity index (χ1) is 11.9. The average molecular weight is 345 g/mol. The molecule has 1 aromatic heterocycles. The summed E-state index contributed by atoms with van der Waals surface area (Å²) in [6.45, 7) is 5.64. The number of rotatable bonds is 5. The van der Waals surface area contributed by atoms with Gasteiger partial charge in [-0.05, 0) is 56.7 Å². The quantitative estimate of drug-likeness (QED) is 0.873. The van der Waals surface area contributed by atoms with E-state index in [1.807, 2.05) is 36.9 Å². The van der Waals surface area contributed by atoms with Gasteiger partial charge in [-0.15, -0.1) is 0 Å². The number of aromatic nitrogens is 2.